The number of hydrogen-bond donors (Lipinski definition) is 1. The van der Waals surface area contributed by atoms with Gasteiger partial charge in [-0.1, -0.05) is 30.3 Å². The Balaban J connectivity index is 1.70. The quantitative estimate of drug-likeness (QED) is 0.921. The summed E-state index contributed by atoms with van der Waals surface area (Å²) in [6.07, 6.45) is 2.44. The third-order valence-electron chi connectivity index (χ3n) is 3.95. The summed E-state index contributed by atoms with van der Waals surface area (Å²) in [6.45, 7) is 3.41. The van der Waals surface area contributed by atoms with Crippen LogP contribution in [0.4, 0.5) is 0 Å². The summed E-state index contributed by atoms with van der Waals surface area (Å²) in [5, 5.41) is 1.99. The van der Waals surface area contributed by atoms with Crippen LogP contribution in [-0.2, 0) is 10.0 Å². The predicted octanol–water partition coefficient (Wildman–Crippen LogP) is 2.21. The molecule has 1 aliphatic heterocycles. The van der Waals surface area contributed by atoms with Gasteiger partial charge in [-0.2, -0.15) is 0 Å². The number of likely N-dealkylation sites (tertiary alicyclic amines) is 1. The maximum Gasteiger partial charge on any atom is 0.240 e. The number of rotatable bonds is 5. The number of fused-ring (bicyclic) bond motifs is 1. The average molecular weight is 304 g/mol. The number of hydrogen-bond acceptors (Lipinski definition) is 3. The first kappa shape index (κ1) is 14.5. The largest absolute Gasteiger partial charge is 0.302 e. The highest BCUT2D eigenvalue weighted by molar-refractivity contribution is 7.89. The van der Waals surface area contributed by atoms with Gasteiger partial charge in [-0.15, -0.1) is 0 Å². The third kappa shape index (κ3) is 3.43. The van der Waals surface area contributed by atoms with Crippen molar-refractivity contribution in [1.29, 1.82) is 0 Å². The number of nitrogens with one attached hydrogen (secondary N) is 1. The van der Waals surface area contributed by atoms with Crippen LogP contribution in [0.15, 0.2) is 47.4 Å². The fraction of sp³-hybridized carbons (Fsp3) is 0.375. The Morgan fingerprint density at radius 1 is 1.00 bits per heavy atom. The second-order valence-corrected chi connectivity index (χ2v) is 7.22. The Labute approximate surface area is 125 Å². The van der Waals surface area contributed by atoms with Gasteiger partial charge in [-0.25, -0.2) is 13.1 Å². The monoisotopic (exact) mass is 304 g/mol. The van der Waals surface area contributed by atoms with E-state index in [4.69, 9.17) is 0 Å². The van der Waals surface area contributed by atoms with Crippen LogP contribution in [0, 0.1) is 0 Å². The van der Waals surface area contributed by atoms with Gasteiger partial charge in [0.05, 0.1) is 4.90 Å². The maximum absolute atomic E-state index is 12.3. The third-order valence-corrected chi connectivity index (χ3v) is 5.41. The van der Waals surface area contributed by atoms with Crippen LogP contribution < -0.4 is 4.72 Å². The van der Waals surface area contributed by atoms with Crippen LogP contribution in [-0.4, -0.2) is 39.5 Å². The Morgan fingerprint density at radius 2 is 1.71 bits per heavy atom. The molecule has 1 aliphatic rings. The number of nitrogens with zero attached hydrogens (tertiary/aromatic N) is 1. The summed E-state index contributed by atoms with van der Waals surface area (Å²) in [5.74, 6) is 0. The first-order valence-corrected chi connectivity index (χ1v) is 8.84. The highest BCUT2D eigenvalue weighted by atomic mass is 32.2. The molecule has 1 heterocycles. The van der Waals surface area contributed by atoms with E-state index in [0.29, 0.717) is 11.4 Å². The highest BCUT2D eigenvalue weighted by Crippen LogP contribution is 2.18. The molecule has 0 unspecified atom stereocenters. The van der Waals surface area contributed by atoms with E-state index in [1.807, 2.05) is 30.3 Å². The normalized spacial score (nSPS) is 16.6. The molecule has 0 aliphatic carbocycles. The summed E-state index contributed by atoms with van der Waals surface area (Å²) in [7, 11) is -3.42. The van der Waals surface area contributed by atoms with E-state index in [1.54, 1.807) is 12.1 Å². The molecule has 2 aromatic rings. The lowest BCUT2D eigenvalue weighted by Crippen LogP contribution is -2.33. The molecule has 1 saturated heterocycles. The van der Waals surface area contributed by atoms with E-state index in [2.05, 4.69) is 9.62 Å². The maximum atomic E-state index is 12.3. The summed E-state index contributed by atoms with van der Waals surface area (Å²) in [4.78, 5) is 2.63. The van der Waals surface area contributed by atoms with Gasteiger partial charge >= 0.3 is 0 Å². The van der Waals surface area contributed by atoms with E-state index >= 15 is 0 Å². The topological polar surface area (TPSA) is 49.4 Å². The zero-order valence-electron chi connectivity index (χ0n) is 12.0. The van der Waals surface area contributed by atoms with Crippen LogP contribution >= 0.6 is 0 Å². The lowest BCUT2D eigenvalue weighted by atomic mass is 10.1. The summed E-state index contributed by atoms with van der Waals surface area (Å²) in [6, 6.07) is 13.0. The van der Waals surface area contributed by atoms with Crippen molar-refractivity contribution in [2.75, 3.05) is 26.2 Å². The minimum Gasteiger partial charge on any atom is -0.302 e. The van der Waals surface area contributed by atoms with Crippen LogP contribution in [0.25, 0.3) is 10.8 Å². The minimum atomic E-state index is -3.42. The van der Waals surface area contributed by atoms with Gasteiger partial charge in [0.15, 0.2) is 0 Å². The van der Waals surface area contributed by atoms with Crippen LogP contribution in [0.3, 0.4) is 0 Å². The number of benzene rings is 2. The summed E-state index contributed by atoms with van der Waals surface area (Å²) in [5.41, 5.74) is 0. The van der Waals surface area contributed by atoms with Gasteiger partial charge in [0, 0.05) is 13.1 Å². The van der Waals surface area contributed by atoms with Crippen molar-refractivity contribution in [2.24, 2.45) is 0 Å². The van der Waals surface area contributed by atoms with Crippen LogP contribution in [0.5, 0.6) is 0 Å². The van der Waals surface area contributed by atoms with Crippen molar-refractivity contribution in [3.63, 3.8) is 0 Å². The van der Waals surface area contributed by atoms with Gasteiger partial charge in [0.1, 0.15) is 0 Å². The fourth-order valence-corrected chi connectivity index (χ4v) is 3.82. The van der Waals surface area contributed by atoms with Gasteiger partial charge in [0.25, 0.3) is 0 Å². The fourth-order valence-electron chi connectivity index (χ4n) is 2.76. The molecule has 0 amide bonds. The SMILES string of the molecule is O=S(=O)(NCCN1CCCC1)c1ccc2ccccc2c1. The van der Waals surface area contributed by atoms with Crippen molar-refractivity contribution < 1.29 is 8.42 Å². The first-order chi connectivity index (χ1) is 10.1. The van der Waals surface area contributed by atoms with E-state index in [9.17, 15) is 8.42 Å². The molecule has 1 N–H and O–H groups in total. The lowest BCUT2D eigenvalue weighted by molar-refractivity contribution is 0.344. The zero-order chi connectivity index (χ0) is 14.7. The molecule has 0 saturated carbocycles. The second-order valence-electron chi connectivity index (χ2n) is 5.46. The summed E-state index contributed by atoms with van der Waals surface area (Å²) < 4.78 is 27.3. The molecule has 0 radical (unpaired) electrons. The highest BCUT2D eigenvalue weighted by Gasteiger charge is 2.16. The Bertz CT molecular complexity index is 722. The van der Waals surface area contributed by atoms with Crippen molar-refractivity contribution in [3.8, 4) is 0 Å². The van der Waals surface area contributed by atoms with Crippen molar-refractivity contribution in [1.82, 2.24) is 9.62 Å². The van der Waals surface area contributed by atoms with Gasteiger partial charge in [-0.3, -0.25) is 0 Å². The molecule has 112 valence electrons. The molecule has 0 spiro atoms. The minimum absolute atomic E-state index is 0.336. The van der Waals surface area contributed by atoms with E-state index in [1.165, 1.54) is 12.8 Å². The predicted molar refractivity (Wildman–Crippen MR) is 84.8 cm³/mol. The van der Waals surface area contributed by atoms with E-state index < -0.39 is 10.0 Å². The molecule has 21 heavy (non-hydrogen) atoms. The molecule has 5 heteroatoms. The lowest BCUT2D eigenvalue weighted by Gasteiger charge is -2.15. The Hall–Kier alpha value is -1.43. The molecule has 3 rings (SSSR count). The average Bonchev–Trinajstić information content (AvgIpc) is 3.00. The molecule has 1 fully saturated rings. The molecule has 0 atom stereocenters. The van der Waals surface area contributed by atoms with Crippen LogP contribution in [0.2, 0.25) is 0 Å². The Morgan fingerprint density at radius 3 is 2.48 bits per heavy atom. The van der Waals surface area contributed by atoms with Crippen molar-refractivity contribution in [3.05, 3.63) is 42.5 Å². The second kappa shape index (κ2) is 6.13. The molecule has 4 nitrogen and oxygen atoms in total. The van der Waals surface area contributed by atoms with Crippen LogP contribution in [0.1, 0.15) is 12.8 Å². The summed E-state index contributed by atoms with van der Waals surface area (Å²) >= 11 is 0. The molecular formula is C16H20N2O2S. The van der Waals surface area contributed by atoms with Gasteiger partial charge in [-0.05, 0) is 48.8 Å². The Kier molecular flexibility index (Phi) is 4.24. The molecule has 0 bridgehead atoms. The van der Waals surface area contributed by atoms with Gasteiger partial charge in [0.2, 0.25) is 10.0 Å². The van der Waals surface area contributed by atoms with Gasteiger partial charge < -0.3 is 4.90 Å². The van der Waals surface area contributed by atoms with E-state index in [0.717, 1.165) is 30.4 Å². The smallest absolute Gasteiger partial charge is 0.240 e. The molecule has 2 aromatic carbocycles. The molecular weight excluding hydrogens is 284 g/mol. The van der Waals surface area contributed by atoms with Crippen molar-refractivity contribution in [2.45, 2.75) is 17.7 Å². The first-order valence-electron chi connectivity index (χ1n) is 7.36. The zero-order valence-corrected chi connectivity index (χ0v) is 12.8. The molecule has 0 aromatic heterocycles. The number of sulfonamides is 1. The van der Waals surface area contributed by atoms with E-state index in [-0.39, 0.29) is 0 Å². The van der Waals surface area contributed by atoms with Crippen molar-refractivity contribution >= 4 is 20.8 Å². The standard InChI is InChI=1S/C16H20N2O2S/c19-21(20,17-9-12-18-10-3-4-11-18)16-8-7-14-5-1-2-6-15(14)13-16/h1-2,5-8,13,17H,3-4,9-12H2.